The predicted molar refractivity (Wildman–Crippen MR) is 133 cm³/mol. The zero-order chi connectivity index (χ0) is 29.0. The first-order valence-electron chi connectivity index (χ1n) is 11.9. The van der Waals surface area contributed by atoms with Crippen LogP contribution in [0.5, 0.6) is 28.7 Å². The van der Waals surface area contributed by atoms with E-state index < -0.39 is 66.5 Å². The van der Waals surface area contributed by atoms with E-state index >= 15 is 0 Å². The second-order valence-electron chi connectivity index (χ2n) is 8.86. The summed E-state index contributed by atoms with van der Waals surface area (Å²) >= 11 is 0. The second-order valence-corrected chi connectivity index (χ2v) is 8.86. The lowest BCUT2D eigenvalue weighted by Crippen LogP contribution is -2.60. The molecule has 212 valence electrons. The minimum absolute atomic E-state index is 0.0425. The molecule has 0 spiro atoms. The molecule has 0 saturated carbocycles. The van der Waals surface area contributed by atoms with Crippen LogP contribution >= 0.6 is 0 Å². The van der Waals surface area contributed by atoms with Gasteiger partial charge >= 0.3 is 11.9 Å². The van der Waals surface area contributed by atoms with Gasteiger partial charge in [-0.15, -0.1) is 0 Å². The number of esters is 2. The number of benzene rings is 3. The molecular formula is C27H26O13. The van der Waals surface area contributed by atoms with Crippen LogP contribution < -0.4 is 4.74 Å². The number of aliphatic hydroxyl groups is 3. The fourth-order valence-corrected chi connectivity index (χ4v) is 3.72. The van der Waals surface area contributed by atoms with E-state index in [9.17, 15) is 45.3 Å². The van der Waals surface area contributed by atoms with Crippen LogP contribution in [-0.4, -0.2) is 85.0 Å². The lowest BCUT2D eigenvalue weighted by Gasteiger charge is -2.39. The van der Waals surface area contributed by atoms with Crippen LogP contribution in [0.15, 0.2) is 60.7 Å². The summed E-state index contributed by atoms with van der Waals surface area (Å²) in [5.41, 5.74) is 0.524. The Morgan fingerprint density at radius 2 is 1.23 bits per heavy atom. The van der Waals surface area contributed by atoms with E-state index in [1.54, 1.807) is 12.1 Å². The van der Waals surface area contributed by atoms with Gasteiger partial charge in [0.2, 0.25) is 6.29 Å². The Bertz CT molecular complexity index is 1360. The van der Waals surface area contributed by atoms with Gasteiger partial charge in [-0.1, -0.05) is 12.1 Å². The molecule has 1 heterocycles. The molecule has 0 unspecified atom stereocenters. The summed E-state index contributed by atoms with van der Waals surface area (Å²) < 4.78 is 21.4. The number of carbonyl (C=O) groups is 2. The molecule has 0 radical (unpaired) electrons. The van der Waals surface area contributed by atoms with Crippen molar-refractivity contribution in [3.05, 3.63) is 77.4 Å². The van der Waals surface area contributed by atoms with Gasteiger partial charge in [-0.25, -0.2) is 9.59 Å². The number of ether oxygens (including phenoxy) is 4. The van der Waals surface area contributed by atoms with Crippen LogP contribution in [0.3, 0.4) is 0 Å². The van der Waals surface area contributed by atoms with E-state index in [2.05, 4.69) is 0 Å². The molecule has 5 atom stereocenters. The third-order valence-electron chi connectivity index (χ3n) is 6.01. The van der Waals surface area contributed by atoms with Crippen molar-refractivity contribution in [1.29, 1.82) is 0 Å². The lowest BCUT2D eigenvalue weighted by atomic mass is 9.99. The summed E-state index contributed by atoms with van der Waals surface area (Å²) in [5, 5.41) is 68.7. The van der Waals surface area contributed by atoms with Crippen molar-refractivity contribution in [2.75, 3.05) is 6.61 Å². The summed E-state index contributed by atoms with van der Waals surface area (Å²) in [6.07, 6.45) is -7.71. The molecule has 0 amide bonds. The van der Waals surface area contributed by atoms with Gasteiger partial charge in [0.15, 0.2) is 23.0 Å². The zero-order valence-corrected chi connectivity index (χ0v) is 20.7. The number of aromatic hydroxyl groups is 4. The van der Waals surface area contributed by atoms with Gasteiger partial charge in [-0.3, -0.25) is 0 Å². The van der Waals surface area contributed by atoms with Crippen molar-refractivity contribution >= 4 is 11.9 Å². The minimum Gasteiger partial charge on any atom is -0.504 e. The molecule has 7 N–H and O–H groups in total. The van der Waals surface area contributed by atoms with E-state index in [1.165, 1.54) is 24.3 Å². The lowest BCUT2D eigenvalue weighted by molar-refractivity contribution is -0.277. The highest BCUT2D eigenvalue weighted by Gasteiger charge is 2.45. The van der Waals surface area contributed by atoms with Crippen LogP contribution in [-0.2, 0) is 20.8 Å². The van der Waals surface area contributed by atoms with Gasteiger partial charge in [-0.05, 0) is 54.1 Å². The van der Waals surface area contributed by atoms with Crippen molar-refractivity contribution < 1.29 is 64.3 Å². The standard InChI is InChI=1S/C27H26O13/c28-17-7-3-14(9-19(17)30)25(35)37-11-13-1-5-16(6-2-13)39-27-24(34)23(33)22(32)21(40-27)12-38-26(36)15-4-8-18(29)20(31)10-15/h1-10,21-24,27-34H,11-12H2/t21-,22-,23+,24-,27-/m1/s1. The maximum atomic E-state index is 12.3. The van der Waals surface area contributed by atoms with Crippen molar-refractivity contribution in [3.8, 4) is 28.7 Å². The van der Waals surface area contributed by atoms with Crippen molar-refractivity contribution in [2.24, 2.45) is 0 Å². The molecule has 3 aromatic carbocycles. The average Bonchev–Trinajstić information content (AvgIpc) is 2.94. The maximum absolute atomic E-state index is 12.3. The summed E-state index contributed by atoms with van der Waals surface area (Å²) in [7, 11) is 0. The number of phenolic OH excluding ortho intramolecular Hbond substituents is 4. The molecular weight excluding hydrogens is 532 g/mol. The second kappa shape index (κ2) is 12.1. The molecule has 0 aromatic heterocycles. The molecule has 0 bridgehead atoms. The van der Waals surface area contributed by atoms with E-state index in [0.717, 1.165) is 24.3 Å². The third-order valence-corrected chi connectivity index (χ3v) is 6.01. The molecule has 13 heteroatoms. The number of rotatable bonds is 8. The van der Waals surface area contributed by atoms with Crippen LogP contribution in [0.2, 0.25) is 0 Å². The Morgan fingerprint density at radius 3 is 1.77 bits per heavy atom. The smallest absolute Gasteiger partial charge is 0.338 e. The number of hydrogen-bond donors (Lipinski definition) is 7. The first-order chi connectivity index (χ1) is 19.0. The predicted octanol–water partition coefficient (Wildman–Crippen LogP) is 0.909. The van der Waals surface area contributed by atoms with Gasteiger partial charge in [-0.2, -0.15) is 0 Å². The monoisotopic (exact) mass is 558 g/mol. The van der Waals surface area contributed by atoms with Crippen LogP contribution in [0.25, 0.3) is 0 Å². The number of hydrogen-bond acceptors (Lipinski definition) is 13. The van der Waals surface area contributed by atoms with Gasteiger partial charge in [0.1, 0.15) is 43.4 Å². The third kappa shape index (κ3) is 6.52. The van der Waals surface area contributed by atoms with Crippen LogP contribution in [0.1, 0.15) is 26.3 Å². The summed E-state index contributed by atoms with van der Waals surface area (Å²) in [5.74, 6) is -3.22. The van der Waals surface area contributed by atoms with Crippen molar-refractivity contribution in [2.45, 2.75) is 37.3 Å². The van der Waals surface area contributed by atoms with E-state index in [4.69, 9.17) is 18.9 Å². The largest absolute Gasteiger partial charge is 0.504 e. The van der Waals surface area contributed by atoms with E-state index in [-0.39, 0.29) is 29.2 Å². The molecule has 3 aromatic rings. The maximum Gasteiger partial charge on any atom is 0.338 e. The molecule has 1 aliphatic heterocycles. The normalized spacial score (nSPS) is 22.3. The topological polar surface area (TPSA) is 213 Å². The van der Waals surface area contributed by atoms with Crippen molar-refractivity contribution in [3.63, 3.8) is 0 Å². The first-order valence-corrected chi connectivity index (χ1v) is 11.9. The van der Waals surface area contributed by atoms with Gasteiger partial charge < -0.3 is 54.7 Å². The SMILES string of the molecule is O=C(OCc1ccc(O[C@@H]2O[C@H](COC(=O)c3ccc(O)c(O)c3)[C@@H](O)[C@H](O)[C@H]2O)cc1)c1ccc(O)c(O)c1. The van der Waals surface area contributed by atoms with Gasteiger partial charge in [0, 0.05) is 0 Å². The van der Waals surface area contributed by atoms with E-state index in [0.29, 0.717) is 5.56 Å². The Morgan fingerprint density at radius 1 is 0.675 bits per heavy atom. The summed E-state index contributed by atoms with van der Waals surface area (Å²) in [6, 6.07) is 12.9. The molecule has 40 heavy (non-hydrogen) atoms. The zero-order valence-electron chi connectivity index (χ0n) is 20.7. The Hall–Kier alpha value is -4.56. The highest BCUT2D eigenvalue weighted by atomic mass is 16.7. The Kier molecular flexibility index (Phi) is 8.60. The van der Waals surface area contributed by atoms with Crippen LogP contribution in [0.4, 0.5) is 0 Å². The van der Waals surface area contributed by atoms with Gasteiger partial charge in [0.25, 0.3) is 0 Å². The number of carbonyl (C=O) groups excluding carboxylic acids is 2. The molecule has 1 aliphatic rings. The highest BCUT2D eigenvalue weighted by molar-refractivity contribution is 5.90. The van der Waals surface area contributed by atoms with Crippen LogP contribution in [0, 0.1) is 0 Å². The molecule has 0 aliphatic carbocycles. The number of aliphatic hydroxyl groups excluding tert-OH is 3. The quantitative estimate of drug-likeness (QED) is 0.151. The Labute approximate surface area is 226 Å². The Balaban J connectivity index is 1.32. The highest BCUT2D eigenvalue weighted by Crippen LogP contribution is 2.28. The molecule has 13 nitrogen and oxygen atoms in total. The fourth-order valence-electron chi connectivity index (χ4n) is 3.72. The summed E-state index contributed by atoms with van der Waals surface area (Å²) in [4.78, 5) is 24.4. The molecule has 1 saturated heterocycles. The van der Waals surface area contributed by atoms with Crippen molar-refractivity contribution in [1.82, 2.24) is 0 Å². The minimum atomic E-state index is -1.70. The average molecular weight is 558 g/mol. The molecule has 1 fully saturated rings. The fraction of sp³-hybridized carbons (Fsp3) is 0.259. The summed E-state index contributed by atoms with van der Waals surface area (Å²) in [6.45, 7) is -0.658. The van der Waals surface area contributed by atoms with Gasteiger partial charge in [0.05, 0.1) is 11.1 Å². The number of phenols is 4. The molecule has 4 rings (SSSR count). The first kappa shape index (κ1) is 28.4. The van der Waals surface area contributed by atoms with E-state index in [1.807, 2.05) is 0 Å².